The molecule has 0 spiro atoms. The third-order valence-corrected chi connectivity index (χ3v) is 4.95. The van der Waals surface area contributed by atoms with Gasteiger partial charge in [-0.05, 0) is 43.2 Å². The Labute approximate surface area is 108 Å². The van der Waals surface area contributed by atoms with E-state index in [1.165, 1.54) is 31.3 Å². The summed E-state index contributed by atoms with van der Waals surface area (Å²) in [5.41, 5.74) is 2.79. The molecular weight excluding hydrogens is 224 g/mol. The van der Waals surface area contributed by atoms with Gasteiger partial charge in [0.25, 0.3) is 0 Å². The maximum absolute atomic E-state index is 9.39. The lowest BCUT2D eigenvalue weighted by molar-refractivity contribution is 0.331. The quantitative estimate of drug-likeness (QED) is 0.736. The highest BCUT2D eigenvalue weighted by Crippen LogP contribution is 2.28. The molecule has 17 heavy (non-hydrogen) atoms. The SMILES string of the molecule is CC1CCC(=C/C=C(/CO)C[Si](C)(C)C)CC1. The fraction of sp³-hybridized carbons (Fsp3) is 0.733. The summed E-state index contributed by atoms with van der Waals surface area (Å²) in [7, 11) is -1.10. The van der Waals surface area contributed by atoms with E-state index in [0.717, 1.165) is 12.0 Å². The van der Waals surface area contributed by atoms with Crippen LogP contribution in [0, 0.1) is 5.92 Å². The van der Waals surface area contributed by atoms with Crippen LogP contribution in [0.2, 0.25) is 25.7 Å². The predicted octanol–water partition coefficient (Wildman–Crippen LogP) is 4.38. The van der Waals surface area contributed by atoms with Crippen LogP contribution in [-0.2, 0) is 0 Å². The Kier molecular flexibility index (Phi) is 5.67. The van der Waals surface area contributed by atoms with E-state index in [1.807, 2.05) is 0 Å². The predicted molar refractivity (Wildman–Crippen MR) is 79.0 cm³/mol. The molecule has 1 aliphatic carbocycles. The van der Waals surface area contributed by atoms with E-state index in [1.54, 1.807) is 5.57 Å². The summed E-state index contributed by atoms with van der Waals surface area (Å²) in [6.07, 6.45) is 9.64. The third kappa shape index (κ3) is 6.23. The van der Waals surface area contributed by atoms with E-state index in [2.05, 4.69) is 38.7 Å². The minimum absolute atomic E-state index is 0.227. The van der Waals surface area contributed by atoms with Gasteiger partial charge in [-0.25, -0.2) is 0 Å². The molecule has 1 saturated carbocycles. The normalized spacial score (nSPS) is 22.8. The molecule has 0 atom stereocenters. The Morgan fingerprint density at radius 3 is 2.35 bits per heavy atom. The van der Waals surface area contributed by atoms with Gasteiger partial charge in [0.2, 0.25) is 0 Å². The zero-order valence-electron chi connectivity index (χ0n) is 11.9. The standard InChI is InChI=1S/C15H28OSi/c1-13-5-7-14(8-6-13)9-10-15(11-16)12-17(2,3)4/h9-10,13,16H,5-8,11-12H2,1-4H3/b14-9?,15-10-. The van der Waals surface area contributed by atoms with Crippen LogP contribution in [0.3, 0.4) is 0 Å². The lowest BCUT2D eigenvalue weighted by atomic mass is 9.87. The van der Waals surface area contributed by atoms with Crippen LogP contribution in [0.4, 0.5) is 0 Å². The van der Waals surface area contributed by atoms with Gasteiger partial charge in [-0.2, -0.15) is 0 Å². The van der Waals surface area contributed by atoms with Crippen LogP contribution in [0.1, 0.15) is 32.6 Å². The van der Waals surface area contributed by atoms with Crippen molar-refractivity contribution >= 4 is 8.07 Å². The first-order chi connectivity index (χ1) is 7.90. The van der Waals surface area contributed by atoms with Gasteiger partial charge in [0.1, 0.15) is 0 Å². The van der Waals surface area contributed by atoms with Crippen LogP contribution >= 0.6 is 0 Å². The first kappa shape index (κ1) is 14.7. The van der Waals surface area contributed by atoms with Gasteiger partial charge in [-0.1, -0.05) is 44.3 Å². The fourth-order valence-corrected chi connectivity index (χ4v) is 3.98. The van der Waals surface area contributed by atoms with Gasteiger partial charge in [-0.15, -0.1) is 0 Å². The van der Waals surface area contributed by atoms with Gasteiger partial charge in [0.05, 0.1) is 6.61 Å². The van der Waals surface area contributed by atoms with Gasteiger partial charge in [-0.3, -0.25) is 0 Å². The number of rotatable bonds is 4. The molecule has 0 aliphatic heterocycles. The van der Waals surface area contributed by atoms with Gasteiger partial charge in [0, 0.05) is 8.07 Å². The Morgan fingerprint density at radius 2 is 1.88 bits per heavy atom. The van der Waals surface area contributed by atoms with Gasteiger partial charge >= 0.3 is 0 Å². The zero-order valence-corrected chi connectivity index (χ0v) is 12.9. The van der Waals surface area contributed by atoms with Crippen molar-refractivity contribution < 1.29 is 5.11 Å². The highest BCUT2D eigenvalue weighted by molar-refractivity contribution is 6.76. The van der Waals surface area contributed by atoms with Crippen LogP contribution in [-0.4, -0.2) is 19.8 Å². The molecule has 1 fully saturated rings. The van der Waals surface area contributed by atoms with Crippen LogP contribution in [0.5, 0.6) is 0 Å². The molecule has 1 aliphatic rings. The maximum atomic E-state index is 9.39. The summed E-state index contributed by atoms with van der Waals surface area (Å²) < 4.78 is 0. The molecule has 0 radical (unpaired) electrons. The molecule has 0 bridgehead atoms. The Bertz CT molecular complexity index is 287. The molecule has 0 amide bonds. The molecule has 2 heteroatoms. The number of aliphatic hydroxyl groups is 1. The van der Waals surface area contributed by atoms with Crippen molar-refractivity contribution in [1.82, 2.24) is 0 Å². The lowest BCUT2D eigenvalue weighted by Crippen LogP contribution is -2.20. The minimum Gasteiger partial charge on any atom is -0.392 e. The Hall–Kier alpha value is -0.343. The second-order valence-corrected chi connectivity index (χ2v) is 12.2. The molecule has 0 unspecified atom stereocenters. The topological polar surface area (TPSA) is 20.2 Å². The average Bonchev–Trinajstić information content (AvgIpc) is 2.25. The van der Waals surface area contributed by atoms with Crippen molar-refractivity contribution in [2.45, 2.75) is 58.3 Å². The molecule has 98 valence electrons. The summed E-state index contributed by atoms with van der Waals surface area (Å²) in [6, 6.07) is 1.11. The van der Waals surface area contributed by atoms with Gasteiger partial charge in [0.15, 0.2) is 0 Å². The van der Waals surface area contributed by atoms with Crippen molar-refractivity contribution in [3.05, 3.63) is 23.3 Å². The first-order valence-corrected chi connectivity index (χ1v) is 10.6. The van der Waals surface area contributed by atoms with Crippen molar-refractivity contribution in [3.8, 4) is 0 Å². The van der Waals surface area contributed by atoms with E-state index in [9.17, 15) is 5.11 Å². The van der Waals surface area contributed by atoms with Crippen molar-refractivity contribution in [1.29, 1.82) is 0 Å². The summed E-state index contributed by atoms with van der Waals surface area (Å²) in [4.78, 5) is 0. The average molecular weight is 252 g/mol. The molecular formula is C15H28OSi. The molecule has 0 saturated heterocycles. The summed E-state index contributed by atoms with van der Waals surface area (Å²) in [6.45, 7) is 9.63. The van der Waals surface area contributed by atoms with Crippen molar-refractivity contribution in [2.75, 3.05) is 6.61 Å². The highest BCUT2D eigenvalue weighted by atomic mass is 28.3. The third-order valence-electron chi connectivity index (χ3n) is 3.43. The largest absolute Gasteiger partial charge is 0.392 e. The molecule has 0 heterocycles. The molecule has 1 N–H and O–H groups in total. The number of allylic oxidation sites excluding steroid dienone is 3. The fourth-order valence-electron chi connectivity index (χ4n) is 2.38. The van der Waals surface area contributed by atoms with Crippen LogP contribution < -0.4 is 0 Å². The zero-order chi connectivity index (χ0) is 12.9. The van der Waals surface area contributed by atoms with E-state index in [0.29, 0.717) is 0 Å². The highest BCUT2D eigenvalue weighted by Gasteiger charge is 2.15. The second-order valence-electron chi connectivity index (χ2n) is 6.73. The number of aliphatic hydroxyl groups excluding tert-OH is 1. The van der Waals surface area contributed by atoms with Crippen molar-refractivity contribution in [2.24, 2.45) is 5.92 Å². The maximum Gasteiger partial charge on any atom is 0.0642 e. The second kappa shape index (κ2) is 6.55. The van der Waals surface area contributed by atoms with Crippen LogP contribution in [0.15, 0.2) is 23.3 Å². The molecule has 0 aromatic heterocycles. The number of hydrogen-bond donors (Lipinski definition) is 1. The summed E-state index contributed by atoms with van der Waals surface area (Å²) in [5.74, 6) is 0.899. The van der Waals surface area contributed by atoms with E-state index < -0.39 is 8.07 Å². The molecule has 0 aromatic carbocycles. The lowest BCUT2D eigenvalue weighted by Gasteiger charge is -2.20. The van der Waals surface area contributed by atoms with E-state index in [4.69, 9.17) is 0 Å². The van der Waals surface area contributed by atoms with E-state index in [-0.39, 0.29) is 6.61 Å². The molecule has 0 aromatic rings. The first-order valence-electron chi connectivity index (χ1n) is 6.89. The van der Waals surface area contributed by atoms with E-state index >= 15 is 0 Å². The van der Waals surface area contributed by atoms with Crippen LogP contribution in [0.25, 0.3) is 0 Å². The Balaban J connectivity index is 2.57. The summed E-state index contributed by atoms with van der Waals surface area (Å²) in [5, 5.41) is 9.39. The minimum atomic E-state index is -1.10. The summed E-state index contributed by atoms with van der Waals surface area (Å²) >= 11 is 0. The Morgan fingerprint density at radius 1 is 1.29 bits per heavy atom. The monoisotopic (exact) mass is 252 g/mol. The smallest absolute Gasteiger partial charge is 0.0642 e. The van der Waals surface area contributed by atoms with Gasteiger partial charge < -0.3 is 5.11 Å². The number of hydrogen-bond acceptors (Lipinski definition) is 1. The molecule has 1 nitrogen and oxygen atoms in total. The van der Waals surface area contributed by atoms with Crippen molar-refractivity contribution in [3.63, 3.8) is 0 Å². The molecule has 1 rings (SSSR count).